The van der Waals surface area contributed by atoms with Crippen LogP contribution in [-0.2, 0) is 22.3 Å². The van der Waals surface area contributed by atoms with E-state index < -0.39 is 5.54 Å². The van der Waals surface area contributed by atoms with Crippen LogP contribution in [0.15, 0.2) is 48.5 Å². The fourth-order valence-corrected chi connectivity index (χ4v) is 3.22. The summed E-state index contributed by atoms with van der Waals surface area (Å²) in [5, 5.41) is 2.87. The molecular weight excluding hydrogens is 324 g/mol. The molecule has 1 atom stereocenters. The van der Waals surface area contributed by atoms with Crippen LogP contribution in [0.2, 0.25) is 0 Å². The molecule has 0 bridgehead atoms. The standard InChI is InChI=1S/C22H26N2O2/c1-15-6-8-16(9-7-15)14-24-19(25)22(5,23-20(24)26)18-12-10-17(11-13-18)21(2,3)4/h6-13H,14H2,1-5H3,(H,23,26). The Kier molecular flexibility index (Phi) is 4.39. The average Bonchev–Trinajstić information content (AvgIpc) is 2.80. The van der Waals surface area contributed by atoms with Gasteiger partial charge in [0.1, 0.15) is 5.54 Å². The number of hydrogen-bond acceptors (Lipinski definition) is 2. The van der Waals surface area contributed by atoms with Gasteiger partial charge in [-0.15, -0.1) is 0 Å². The Balaban J connectivity index is 1.85. The number of nitrogens with one attached hydrogen (secondary N) is 1. The van der Waals surface area contributed by atoms with E-state index in [2.05, 4.69) is 26.1 Å². The number of aryl methyl sites for hydroxylation is 1. The predicted octanol–water partition coefficient (Wildman–Crippen LogP) is 4.26. The summed E-state index contributed by atoms with van der Waals surface area (Å²) in [6.07, 6.45) is 0. The molecule has 2 aromatic carbocycles. The monoisotopic (exact) mass is 350 g/mol. The van der Waals surface area contributed by atoms with Gasteiger partial charge in [-0.1, -0.05) is 74.9 Å². The van der Waals surface area contributed by atoms with Crippen LogP contribution in [-0.4, -0.2) is 16.8 Å². The van der Waals surface area contributed by atoms with Gasteiger partial charge in [-0.3, -0.25) is 9.69 Å². The molecule has 0 radical (unpaired) electrons. The lowest BCUT2D eigenvalue weighted by Gasteiger charge is -2.24. The Bertz CT molecular complexity index is 832. The first-order valence-electron chi connectivity index (χ1n) is 8.92. The fraction of sp³-hybridized carbons (Fsp3) is 0.364. The Morgan fingerprint density at radius 1 is 0.962 bits per heavy atom. The van der Waals surface area contributed by atoms with Crippen LogP contribution >= 0.6 is 0 Å². The van der Waals surface area contributed by atoms with Crippen LogP contribution in [0.1, 0.15) is 49.9 Å². The summed E-state index contributed by atoms with van der Waals surface area (Å²) in [6, 6.07) is 15.5. The van der Waals surface area contributed by atoms with Crippen LogP contribution in [0, 0.1) is 6.92 Å². The van der Waals surface area contributed by atoms with Crippen molar-refractivity contribution in [3.05, 3.63) is 70.8 Å². The highest BCUT2D eigenvalue weighted by Gasteiger charge is 2.48. The summed E-state index contributed by atoms with van der Waals surface area (Å²) in [5.41, 5.74) is 3.09. The number of rotatable bonds is 3. The predicted molar refractivity (Wildman–Crippen MR) is 103 cm³/mol. The Morgan fingerprint density at radius 3 is 2.08 bits per heavy atom. The van der Waals surface area contributed by atoms with E-state index in [1.165, 1.54) is 10.5 Å². The molecule has 1 N–H and O–H groups in total. The lowest BCUT2D eigenvalue weighted by Crippen LogP contribution is -2.40. The molecule has 26 heavy (non-hydrogen) atoms. The zero-order valence-electron chi connectivity index (χ0n) is 16.1. The summed E-state index contributed by atoms with van der Waals surface area (Å²) < 4.78 is 0. The minimum Gasteiger partial charge on any atom is -0.319 e. The third-order valence-electron chi connectivity index (χ3n) is 5.06. The molecule has 3 rings (SSSR count). The van der Waals surface area contributed by atoms with Crippen molar-refractivity contribution in [3.63, 3.8) is 0 Å². The van der Waals surface area contributed by atoms with Crippen LogP contribution in [0.5, 0.6) is 0 Å². The first-order valence-corrected chi connectivity index (χ1v) is 8.92. The smallest absolute Gasteiger partial charge is 0.319 e. The van der Waals surface area contributed by atoms with Crippen molar-refractivity contribution in [1.82, 2.24) is 10.2 Å². The lowest BCUT2D eigenvalue weighted by atomic mass is 9.84. The van der Waals surface area contributed by atoms with Gasteiger partial charge in [-0.05, 0) is 36.0 Å². The molecule has 1 heterocycles. The molecule has 2 aromatic rings. The first kappa shape index (κ1) is 18.2. The molecular formula is C22H26N2O2. The number of hydrogen-bond donors (Lipinski definition) is 1. The van der Waals surface area contributed by atoms with E-state index in [0.717, 1.165) is 16.7 Å². The van der Waals surface area contributed by atoms with E-state index in [1.54, 1.807) is 6.92 Å². The van der Waals surface area contributed by atoms with Crippen molar-refractivity contribution in [1.29, 1.82) is 0 Å². The molecule has 4 heteroatoms. The summed E-state index contributed by atoms with van der Waals surface area (Å²) in [7, 11) is 0. The zero-order chi connectivity index (χ0) is 19.1. The number of imide groups is 1. The van der Waals surface area contributed by atoms with Crippen LogP contribution in [0.3, 0.4) is 0 Å². The maximum Gasteiger partial charge on any atom is 0.325 e. The topological polar surface area (TPSA) is 49.4 Å². The lowest BCUT2D eigenvalue weighted by molar-refractivity contribution is -0.131. The average molecular weight is 350 g/mol. The van der Waals surface area contributed by atoms with Crippen molar-refractivity contribution in [3.8, 4) is 0 Å². The molecule has 0 aliphatic carbocycles. The Hall–Kier alpha value is -2.62. The van der Waals surface area contributed by atoms with Gasteiger partial charge in [0.2, 0.25) is 0 Å². The molecule has 0 aromatic heterocycles. The van der Waals surface area contributed by atoms with E-state index >= 15 is 0 Å². The van der Waals surface area contributed by atoms with Gasteiger partial charge < -0.3 is 5.32 Å². The SMILES string of the molecule is Cc1ccc(CN2C(=O)NC(C)(c3ccc(C(C)(C)C)cc3)C2=O)cc1. The van der Waals surface area contributed by atoms with E-state index in [4.69, 9.17) is 0 Å². The molecule has 3 amide bonds. The molecule has 1 unspecified atom stereocenters. The summed E-state index contributed by atoms with van der Waals surface area (Å²) >= 11 is 0. The van der Waals surface area contributed by atoms with E-state index in [0.29, 0.717) is 0 Å². The van der Waals surface area contributed by atoms with Crippen molar-refractivity contribution in [2.45, 2.75) is 52.1 Å². The third kappa shape index (κ3) is 3.24. The second kappa shape index (κ2) is 6.27. The number of carbonyl (C=O) groups is 2. The normalized spacial score (nSPS) is 20.4. The fourth-order valence-electron chi connectivity index (χ4n) is 3.22. The number of amides is 3. The molecule has 1 fully saturated rings. The quantitative estimate of drug-likeness (QED) is 0.841. The number of benzene rings is 2. The summed E-state index contributed by atoms with van der Waals surface area (Å²) in [5.74, 6) is -0.216. The van der Waals surface area contributed by atoms with Gasteiger partial charge in [0.05, 0.1) is 6.54 Å². The van der Waals surface area contributed by atoms with Gasteiger partial charge in [-0.2, -0.15) is 0 Å². The summed E-state index contributed by atoms with van der Waals surface area (Å²) in [4.78, 5) is 26.8. The van der Waals surface area contributed by atoms with E-state index in [1.807, 2.05) is 55.5 Å². The zero-order valence-corrected chi connectivity index (χ0v) is 16.1. The van der Waals surface area contributed by atoms with Gasteiger partial charge in [0.25, 0.3) is 5.91 Å². The van der Waals surface area contributed by atoms with E-state index in [9.17, 15) is 9.59 Å². The van der Waals surface area contributed by atoms with Crippen LogP contribution in [0.25, 0.3) is 0 Å². The highest BCUT2D eigenvalue weighted by Crippen LogP contribution is 2.31. The number of carbonyl (C=O) groups excluding carboxylic acids is 2. The van der Waals surface area contributed by atoms with Gasteiger partial charge >= 0.3 is 6.03 Å². The molecule has 1 saturated heterocycles. The largest absolute Gasteiger partial charge is 0.325 e. The van der Waals surface area contributed by atoms with Crippen molar-refractivity contribution in [2.24, 2.45) is 0 Å². The first-order chi connectivity index (χ1) is 12.1. The minimum atomic E-state index is -1.03. The maximum absolute atomic E-state index is 13.0. The van der Waals surface area contributed by atoms with Crippen LogP contribution < -0.4 is 5.32 Å². The van der Waals surface area contributed by atoms with Gasteiger partial charge in [0.15, 0.2) is 0 Å². The van der Waals surface area contributed by atoms with Crippen molar-refractivity contribution >= 4 is 11.9 Å². The third-order valence-corrected chi connectivity index (χ3v) is 5.06. The van der Waals surface area contributed by atoms with Crippen LogP contribution in [0.4, 0.5) is 4.79 Å². The number of nitrogens with zero attached hydrogens (tertiary/aromatic N) is 1. The second-order valence-corrected chi connectivity index (χ2v) is 8.26. The summed E-state index contributed by atoms with van der Waals surface area (Å²) in [6.45, 7) is 10.5. The number of urea groups is 1. The molecule has 0 saturated carbocycles. The molecule has 4 nitrogen and oxygen atoms in total. The Morgan fingerprint density at radius 2 is 1.54 bits per heavy atom. The highest BCUT2D eigenvalue weighted by atomic mass is 16.2. The molecule has 1 aliphatic rings. The molecule has 0 spiro atoms. The van der Waals surface area contributed by atoms with Gasteiger partial charge in [-0.25, -0.2) is 4.79 Å². The molecule has 136 valence electrons. The van der Waals surface area contributed by atoms with Crippen molar-refractivity contribution < 1.29 is 9.59 Å². The Labute approximate surface area is 155 Å². The minimum absolute atomic E-state index is 0.0415. The second-order valence-electron chi connectivity index (χ2n) is 8.26. The van der Waals surface area contributed by atoms with Crippen molar-refractivity contribution in [2.75, 3.05) is 0 Å². The molecule has 1 aliphatic heterocycles. The van der Waals surface area contributed by atoms with Gasteiger partial charge in [0, 0.05) is 0 Å². The maximum atomic E-state index is 13.0. The van der Waals surface area contributed by atoms with E-state index in [-0.39, 0.29) is 23.9 Å². The highest BCUT2D eigenvalue weighted by molar-refractivity contribution is 6.07.